The predicted molar refractivity (Wildman–Crippen MR) is 112 cm³/mol. The fourth-order valence-corrected chi connectivity index (χ4v) is 3.95. The maximum atomic E-state index is 14.6. The van der Waals surface area contributed by atoms with E-state index in [0.717, 1.165) is 15.3 Å². The van der Waals surface area contributed by atoms with Crippen molar-refractivity contribution in [2.45, 2.75) is 24.8 Å². The van der Waals surface area contributed by atoms with Gasteiger partial charge in [0.05, 0.1) is 39.6 Å². The van der Waals surface area contributed by atoms with E-state index in [2.05, 4.69) is 41.8 Å². The number of benzene rings is 1. The molecule has 32 heavy (non-hydrogen) atoms. The number of carbonyl (C=O) groups is 1. The summed E-state index contributed by atoms with van der Waals surface area (Å²) in [5.41, 5.74) is 0.874. The summed E-state index contributed by atoms with van der Waals surface area (Å²) < 4.78 is 43.1. The van der Waals surface area contributed by atoms with Gasteiger partial charge in [-0.1, -0.05) is 27.5 Å². The monoisotopic (exact) mass is 525 g/mol. The van der Waals surface area contributed by atoms with E-state index in [1.54, 1.807) is 18.3 Å². The number of tetrazole rings is 1. The zero-order valence-corrected chi connectivity index (χ0v) is 18.3. The summed E-state index contributed by atoms with van der Waals surface area (Å²) in [5, 5.41) is 18.3. The van der Waals surface area contributed by atoms with Crippen LogP contribution in [0.3, 0.4) is 0 Å². The summed E-state index contributed by atoms with van der Waals surface area (Å²) >= 11 is 9.48. The van der Waals surface area contributed by atoms with Gasteiger partial charge in [0.25, 0.3) is 11.8 Å². The summed E-state index contributed by atoms with van der Waals surface area (Å²) in [7, 11) is 0. The SMILES string of the molecule is O=C(Nc1cc(-c2nnn(C3CC(F)(F)C3)n2)c(F)cc1Cl)c1cnn2ccc(Br)cc12. The fourth-order valence-electron chi connectivity index (χ4n) is 3.42. The molecule has 1 aromatic carbocycles. The molecule has 1 fully saturated rings. The van der Waals surface area contributed by atoms with Gasteiger partial charge >= 0.3 is 0 Å². The molecule has 3 heterocycles. The van der Waals surface area contributed by atoms with Crippen LogP contribution >= 0.6 is 27.5 Å². The normalized spacial score (nSPS) is 15.7. The Balaban J connectivity index is 1.43. The lowest BCUT2D eigenvalue weighted by molar-refractivity contribution is -0.110. The third kappa shape index (κ3) is 3.73. The second-order valence-corrected chi connectivity index (χ2v) is 8.67. The topological polar surface area (TPSA) is 90.0 Å². The Bertz CT molecular complexity index is 1360. The highest BCUT2D eigenvalue weighted by Gasteiger charge is 2.47. The highest BCUT2D eigenvalue weighted by Crippen LogP contribution is 2.44. The number of nitrogens with one attached hydrogen (secondary N) is 1. The first-order valence-corrected chi connectivity index (χ1v) is 10.5. The minimum absolute atomic E-state index is 0.0386. The molecule has 0 radical (unpaired) electrons. The Morgan fingerprint density at radius 1 is 1.28 bits per heavy atom. The number of nitrogens with zero attached hydrogens (tertiary/aromatic N) is 6. The maximum absolute atomic E-state index is 14.6. The third-order valence-electron chi connectivity index (χ3n) is 5.10. The molecule has 13 heteroatoms. The van der Waals surface area contributed by atoms with Crippen LogP contribution in [0.15, 0.2) is 41.1 Å². The number of hydrogen-bond acceptors (Lipinski definition) is 5. The van der Waals surface area contributed by atoms with Crippen LogP contribution in [0.1, 0.15) is 29.2 Å². The van der Waals surface area contributed by atoms with Crippen LogP contribution in [0.5, 0.6) is 0 Å². The average molecular weight is 527 g/mol. The van der Waals surface area contributed by atoms with Crippen LogP contribution in [0.2, 0.25) is 5.02 Å². The van der Waals surface area contributed by atoms with Crippen molar-refractivity contribution in [3.05, 3.63) is 57.5 Å². The molecule has 164 valence electrons. The van der Waals surface area contributed by atoms with E-state index in [9.17, 15) is 18.0 Å². The van der Waals surface area contributed by atoms with E-state index in [-0.39, 0.29) is 27.7 Å². The van der Waals surface area contributed by atoms with Gasteiger partial charge in [-0.3, -0.25) is 4.79 Å². The van der Waals surface area contributed by atoms with Gasteiger partial charge in [-0.05, 0) is 29.5 Å². The van der Waals surface area contributed by atoms with Gasteiger partial charge in [0.2, 0.25) is 5.82 Å². The van der Waals surface area contributed by atoms with Crippen LogP contribution in [0.4, 0.5) is 18.9 Å². The van der Waals surface area contributed by atoms with E-state index in [4.69, 9.17) is 11.6 Å². The summed E-state index contributed by atoms with van der Waals surface area (Å²) in [4.78, 5) is 13.9. The lowest BCUT2D eigenvalue weighted by atomic mass is 9.89. The number of hydrogen-bond donors (Lipinski definition) is 1. The number of anilines is 1. The first-order chi connectivity index (χ1) is 15.2. The Morgan fingerprint density at radius 2 is 2.06 bits per heavy atom. The number of carbonyl (C=O) groups excluding carboxylic acids is 1. The molecule has 0 unspecified atom stereocenters. The Kier molecular flexibility index (Phi) is 4.93. The summed E-state index contributed by atoms with van der Waals surface area (Å²) in [6.45, 7) is 0. The van der Waals surface area contributed by atoms with Crippen molar-refractivity contribution in [2.75, 3.05) is 5.32 Å². The van der Waals surface area contributed by atoms with Gasteiger partial charge in [0, 0.05) is 23.5 Å². The lowest BCUT2D eigenvalue weighted by Crippen LogP contribution is -2.38. The molecule has 5 rings (SSSR count). The Morgan fingerprint density at radius 3 is 2.81 bits per heavy atom. The second kappa shape index (κ2) is 7.55. The van der Waals surface area contributed by atoms with Gasteiger partial charge in [-0.2, -0.15) is 9.90 Å². The highest BCUT2D eigenvalue weighted by atomic mass is 79.9. The highest BCUT2D eigenvalue weighted by molar-refractivity contribution is 9.10. The van der Waals surface area contributed by atoms with Crippen LogP contribution in [0, 0.1) is 5.82 Å². The largest absolute Gasteiger partial charge is 0.320 e. The fraction of sp³-hybridized carbons (Fsp3) is 0.211. The number of halogens is 5. The average Bonchev–Trinajstić information content (AvgIpc) is 3.35. The van der Waals surface area contributed by atoms with Gasteiger partial charge in [-0.15, -0.1) is 10.2 Å². The Labute approximate surface area is 191 Å². The maximum Gasteiger partial charge on any atom is 0.259 e. The number of aromatic nitrogens is 6. The van der Waals surface area contributed by atoms with E-state index < -0.39 is 36.5 Å². The van der Waals surface area contributed by atoms with E-state index in [0.29, 0.717) is 5.52 Å². The molecule has 0 aliphatic heterocycles. The summed E-state index contributed by atoms with van der Waals surface area (Å²) in [5.74, 6) is -4.11. The zero-order valence-electron chi connectivity index (χ0n) is 15.9. The minimum Gasteiger partial charge on any atom is -0.320 e. The van der Waals surface area contributed by atoms with E-state index in [1.165, 1.54) is 16.8 Å². The molecule has 0 atom stereocenters. The van der Waals surface area contributed by atoms with Gasteiger partial charge < -0.3 is 5.32 Å². The third-order valence-corrected chi connectivity index (χ3v) is 5.90. The number of pyridine rings is 1. The summed E-state index contributed by atoms with van der Waals surface area (Å²) in [6, 6.07) is 5.18. The van der Waals surface area contributed by atoms with Crippen molar-refractivity contribution >= 4 is 44.6 Å². The lowest BCUT2D eigenvalue weighted by Gasteiger charge is -2.33. The van der Waals surface area contributed by atoms with Crippen molar-refractivity contribution in [2.24, 2.45) is 0 Å². The molecule has 1 N–H and O–H groups in total. The predicted octanol–water partition coefficient (Wildman–Crippen LogP) is 4.77. The molecule has 1 amide bonds. The molecule has 1 aliphatic rings. The molecule has 0 bridgehead atoms. The minimum atomic E-state index is -2.75. The number of alkyl halides is 2. The molecule has 0 spiro atoms. The molecule has 4 aromatic rings. The molecule has 1 saturated carbocycles. The quantitative estimate of drug-likeness (QED) is 0.414. The molecular weight excluding hydrogens is 515 g/mol. The van der Waals surface area contributed by atoms with Crippen molar-refractivity contribution in [3.63, 3.8) is 0 Å². The van der Waals surface area contributed by atoms with Crippen molar-refractivity contribution < 1.29 is 18.0 Å². The van der Waals surface area contributed by atoms with E-state index >= 15 is 0 Å². The number of rotatable bonds is 4. The molecular formula is C19H12BrClF3N7O. The standard InChI is InChI=1S/C19H12BrClF3N7O/c20-9-1-2-30-16(3-9)12(8-25-30)18(32)26-15-4-11(14(22)5-13(15)21)17-27-29-31(28-17)10-6-19(23,24)7-10/h1-5,8,10H,6-7H2,(H,26,32). The Hall–Kier alpha value is -2.99. The van der Waals surface area contributed by atoms with Crippen molar-refractivity contribution in [1.82, 2.24) is 29.8 Å². The smallest absolute Gasteiger partial charge is 0.259 e. The van der Waals surface area contributed by atoms with E-state index in [1.807, 2.05) is 0 Å². The first kappa shape index (κ1) is 20.9. The van der Waals surface area contributed by atoms with Crippen LogP contribution in [-0.4, -0.2) is 41.7 Å². The van der Waals surface area contributed by atoms with Crippen LogP contribution < -0.4 is 5.32 Å². The van der Waals surface area contributed by atoms with Gasteiger partial charge in [-0.25, -0.2) is 17.7 Å². The van der Waals surface area contributed by atoms with Gasteiger partial charge in [0.1, 0.15) is 5.82 Å². The number of fused-ring (bicyclic) bond motifs is 1. The van der Waals surface area contributed by atoms with Gasteiger partial charge in [0.15, 0.2) is 0 Å². The first-order valence-electron chi connectivity index (χ1n) is 9.31. The zero-order chi connectivity index (χ0) is 22.6. The second-order valence-electron chi connectivity index (χ2n) is 7.35. The van der Waals surface area contributed by atoms with Crippen molar-refractivity contribution in [1.29, 1.82) is 0 Å². The molecule has 0 saturated heterocycles. The number of amides is 1. The van der Waals surface area contributed by atoms with Crippen LogP contribution in [0.25, 0.3) is 16.9 Å². The molecule has 8 nitrogen and oxygen atoms in total. The molecule has 1 aliphatic carbocycles. The van der Waals surface area contributed by atoms with Crippen LogP contribution in [-0.2, 0) is 0 Å². The van der Waals surface area contributed by atoms with Crippen molar-refractivity contribution in [3.8, 4) is 11.4 Å². The summed E-state index contributed by atoms with van der Waals surface area (Å²) in [6.07, 6.45) is 2.29. The molecule has 3 aromatic heterocycles.